The Labute approximate surface area is 156 Å². The van der Waals surface area contributed by atoms with Crippen LogP contribution in [-0.2, 0) is 11.2 Å². The van der Waals surface area contributed by atoms with E-state index in [1.165, 1.54) is 11.3 Å². The molecular formula is C18H21N5O2S. The molecular weight excluding hydrogens is 350 g/mol. The third-order valence-electron chi connectivity index (χ3n) is 4.79. The fraction of sp³-hybridized carbons (Fsp3) is 0.389. The maximum atomic E-state index is 12.7. The number of rotatable bonds is 3. The molecule has 3 heterocycles. The number of hydrogen-bond acceptors (Lipinski definition) is 6. The van der Waals surface area contributed by atoms with E-state index in [9.17, 15) is 9.59 Å². The zero-order valence-electron chi connectivity index (χ0n) is 14.8. The van der Waals surface area contributed by atoms with Gasteiger partial charge in [-0.2, -0.15) is 0 Å². The van der Waals surface area contributed by atoms with Crippen LogP contribution < -0.4 is 20.4 Å². The molecule has 2 aliphatic rings. The molecule has 0 saturated carbocycles. The lowest BCUT2D eigenvalue weighted by Gasteiger charge is -2.26. The Morgan fingerprint density at radius 3 is 2.85 bits per heavy atom. The van der Waals surface area contributed by atoms with Crippen LogP contribution in [0.1, 0.15) is 20.9 Å². The van der Waals surface area contributed by atoms with E-state index < -0.39 is 0 Å². The first kappa shape index (κ1) is 17.0. The number of carbonyl (C=O) groups excluding carboxylic acids is 2. The van der Waals surface area contributed by atoms with Crippen molar-refractivity contribution in [1.82, 2.24) is 10.3 Å². The van der Waals surface area contributed by atoms with Gasteiger partial charge in [0, 0.05) is 44.6 Å². The molecule has 0 bridgehead atoms. The van der Waals surface area contributed by atoms with Gasteiger partial charge in [-0.25, -0.2) is 4.98 Å². The number of aryl methyl sites for hydroxylation is 1. The minimum absolute atomic E-state index is 0.0717. The van der Waals surface area contributed by atoms with E-state index >= 15 is 0 Å². The van der Waals surface area contributed by atoms with E-state index in [1.807, 2.05) is 25.1 Å². The fourth-order valence-electron chi connectivity index (χ4n) is 3.32. The summed E-state index contributed by atoms with van der Waals surface area (Å²) in [6, 6.07) is 5.59. The topological polar surface area (TPSA) is 77.6 Å². The summed E-state index contributed by atoms with van der Waals surface area (Å²) in [6.07, 6.45) is 0.377. The highest BCUT2D eigenvalue weighted by molar-refractivity contribution is 7.17. The SMILES string of the molecule is Cc1nc(N2CCNCC2)sc1C(=O)Nc1ccc2c(c1)CC(=O)N2C. The summed E-state index contributed by atoms with van der Waals surface area (Å²) >= 11 is 1.43. The van der Waals surface area contributed by atoms with Crippen LogP contribution in [0.15, 0.2) is 18.2 Å². The number of aromatic nitrogens is 1. The Morgan fingerprint density at radius 1 is 1.31 bits per heavy atom. The number of hydrogen-bond donors (Lipinski definition) is 2. The Bertz CT molecular complexity index is 872. The molecule has 0 spiro atoms. The molecule has 7 nitrogen and oxygen atoms in total. The van der Waals surface area contributed by atoms with Gasteiger partial charge < -0.3 is 20.4 Å². The van der Waals surface area contributed by atoms with E-state index in [0.717, 1.165) is 48.3 Å². The number of anilines is 3. The van der Waals surface area contributed by atoms with Crippen LogP contribution in [0.4, 0.5) is 16.5 Å². The molecule has 2 N–H and O–H groups in total. The van der Waals surface area contributed by atoms with Crippen molar-refractivity contribution in [2.75, 3.05) is 48.3 Å². The quantitative estimate of drug-likeness (QED) is 0.858. The van der Waals surface area contributed by atoms with Crippen molar-refractivity contribution >= 4 is 39.7 Å². The average molecular weight is 371 g/mol. The Morgan fingerprint density at radius 2 is 2.08 bits per heavy atom. The number of fused-ring (bicyclic) bond motifs is 1. The minimum atomic E-state index is -0.154. The molecule has 1 aromatic heterocycles. The van der Waals surface area contributed by atoms with Crippen LogP contribution in [-0.4, -0.2) is 50.0 Å². The van der Waals surface area contributed by atoms with Crippen molar-refractivity contribution in [2.24, 2.45) is 0 Å². The standard InChI is InChI=1S/C18H21N5O2S/c1-11-16(26-18(20-11)23-7-5-19-6-8-23)17(25)21-13-3-4-14-12(9-13)10-15(24)22(14)2/h3-4,9,19H,5-8,10H2,1-2H3,(H,21,25). The second kappa shape index (κ2) is 6.69. The molecule has 0 atom stereocenters. The number of likely N-dealkylation sites (N-methyl/N-ethyl adjacent to an activating group) is 1. The number of amides is 2. The molecule has 0 radical (unpaired) electrons. The highest BCUT2D eigenvalue weighted by Crippen LogP contribution is 2.31. The molecule has 4 rings (SSSR count). The van der Waals surface area contributed by atoms with Gasteiger partial charge in [0.1, 0.15) is 4.88 Å². The summed E-state index contributed by atoms with van der Waals surface area (Å²) in [5.74, 6) is -0.0820. The lowest BCUT2D eigenvalue weighted by Crippen LogP contribution is -2.43. The first-order valence-corrected chi connectivity index (χ1v) is 9.48. The molecule has 2 aromatic rings. The number of nitrogens with one attached hydrogen (secondary N) is 2. The average Bonchev–Trinajstić information content (AvgIpc) is 3.16. The Kier molecular flexibility index (Phi) is 4.37. The van der Waals surface area contributed by atoms with Crippen LogP contribution >= 0.6 is 11.3 Å². The molecule has 0 aliphatic carbocycles. The van der Waals surface area contributed by atoms with Gasteiger partial charge in [0.15, 0.2) is 5.13 Å². The van der Waals surface area contributed by atoms with Crippen molar-refractivity contribution < 1.29 is 9.59 Å². The van der Waals surface area contributed by atoms with Crippen LogP contribution in [0.2, 0.25) is 0 Å². The molecule has 26 heavy (non-hydrogen) atoms. The van der Waals surface area contributed by atoms with Gasteiger partial charge >= 0.3 is 0 Å². The van der Waals surface area contributed by atoms with Crippen molar-refractivity contribution in [2.45, 2.75) is 13.3 Å². The highest BCUT2D eigenvalue weighted by Gasteiger charge is 2.25. The van der Waals surface area contributed by atoms with Crippen molar-refractivity contribution in [3.05, 3.63) is 34.3 Å². The third kappa shape index (κ3) is 3.06. The van der Waals surface area contributed by atoms with Gasteiger partial charge in [0.05, 0.1) is 12.1 Å². The summed E-state index contributed by atoms with van der Waals surface area (Å²) in [5.41, 5.74) is 3.30. The zero-order chi connectivity index (χ0) is 18.3. The predicted octanol–water partition coefficient (Wildman–Crippen LogP) is 1.63. The third-order valence-corrected chi connectivity index (χ3v) is 6.01. The van der Waals surface area contributed by atoms with E-state index in [2.05, 4.69) is 20.5 Å². The van der Waals surface area contributed by atoms with Gasteiger partial charge in [-0.1, -0.05) is 11.3 Å². The monoisotopic (exact) mass is 371 g/mol. The number of benzene rings is 1. The van der Waals surface area contributed by atoms with Gasteiger partial charge in [-0.3, -0.25) is 9.59 Å². The van der Waals surface area contributed by atoms with Gasteiger partial charge in [-0.05, 0) is 30.7 Å². The summed E-state index contributed by atoms with van der Waals surface area (Å²) in [5, 5.41) is 7.16. The second-order valence-corrected chi connectivity index (χ2v) is 7.55. The molecule has 1 aromatic carbocycles. The van der Waals surface area contributed by atoms with Crippen LogP contribution in [0.5, 0.6) is 0 Å². The summed E-state index contributed by atoms with van der Waals surface area (Å²) < 4.78 is 0. The number of thiazole rings is 1. The molecule has 0 unspecified atom stereocenters. The smallest absolute Gasteiger partial charge is 0.267 e. The summed E-state index contributed by atoms with van der Waals surface area (Å²) in [4.78, 5) is 33.6. The summed E-state index contributed by atoms with van der Waals surface area (Å²) in [6.45, 7) is 5.54. The lowest BCUT2D eigenvalue weighted by atomic mass is 10.1. The number of carbonyl (C=O) groups is 2. The minimum Gasteiger partial charge on any atom is -0.346 e. The fourth-order valence-corrected chi connectivity index (χ4v) is 4.33. The van der Waals surface area contributed by atoms with Crippen molar-refractivity contribution in [3.8, 4) is 0 Å². The highest BCUT2D eigenvalue weighted by atomic mass is 32.1. The molecule has 2 aliphatic heterocycles. The Hall–Kier alpha value is -2.45. The van der Waals surface area contributed by atoms with Gasteiger partial charge in [0.25, 0.3) is 5.91 Å². The predicted molar refractivity (Wildman–Crippen MR) is 103 cm³/mol. The molecule has 1 saturated heterocycles. The zero-order valence-corrected chi connectivity index (χ0v) is 15.7. The number of nitrogens with zero attached hydrogens (tertiary/aromatic N) is 3. The second-order valence-electron chi connectivity index (χ2n) is 6.58. The number of piperazine rings is 1. The van der Waals surface area contributed by atoms with Crippen LogP contribution in [0.3, 0.4) is 0 Å². The van der Waals surface area contributed by atoms with Crippen molar-refractivity contribution in [1.29, 1.82) is 0 Å². The van der Waals surface area contributed by atoms with E-state index in [1.54, 1.807) is 11.9 Å². The molecule has 8 heteroatoms. The molecule has 1 fully saturated rings. The van der Waals surface area contributed by atoms with Crippen LogP contribution in [0.25, 0.3) is 0 Å². The molecule has 136 valence electrons. The largest absolute Gasteiger partial charge is 0.346 e. The van der Waals surface area contributed by atoms with E-state index in [4.69, 9.17) is 0 Å². The first-order chi connectivity index (χ1) is 12.5. The maximum Gasteiger partial charge on any atom is 0.267 e. The summed E-state index contributed by atoms with van der Waals surface area (Å²) in [7, 11) is 1.77. The van der Waals surface area contributed by atoms with Gasteiger partial charge in [-0.15, -0.1) is 0 Å². The van der Waals surface area contributed by atoms with E-state index in [0.29, 0.717) is 17.0 Å². The Balaban J connectivity index is 1.51. The van der Waals surface area contributed by atoms with Crippen molar-refractivity contribution in [3.63, 3.8) is 0 Å². The maximum absolute atomic E-state index is 12.7. The lowest BCUT2D eigenvalue weighted by molar-refractivity contribution is -0.117. The first-order valence-electron chi connectivity index (χ1n) is 8.67. The molecule has 2 amide bonds. The van der Waals surface area contributed by atoms with Crippen LogP contribution in [0, 0.1) is 6.92 Å². The van der Waals surface area contributed by atoms with Gasteiger partial charge in [0.2, 0.25) is 5.91 Å². The van der Waals surface area contributed by atoms with E-state index in [-0.39, 0.29) is 11.8 Å². The normalized spacial score (nSPS) is 16.8.